The second-order valence-electron chi connectivity index (χ2n) is 6.89. The summed E-state index contributed by atoms with van der Waals surface area (Å²) in [5, 5.41) is 2.97. The molecule has 1 amide bonds. The highest BCUT2D eigenvalue weighted by Gasteiger charge is 2.39. The zero-order valence-electron chi connectivity index (χ0n) is 13.1. The van der Waals surface area contributed by atoms with E-state index < -0.39 is 9.84 Å². The first kappa shape index (κ1) is 16.4. The molecule has 1 N–H and O–H groups in total. The van der Waals surface area contributed by atoms with Crippen molar-refractivity contribution in [3.63, 3.8) is 0 Å². The molecule has 1 heterocycles. The van der Waals surface area contributed by atoms with E-state index in [1.165, 1.54) is 12.1 Å². The molecule has 1 aliphatic heterocycles. The minimum atomic E-state index is -2.94. The molecule has 6 heteroatoms. The molecule has 2 fully saturated rings. The summed E-state index contributed by atoms with van der Waals surface area (Å²) in [6.45, 7) is 0.539. The Morgan fingerprint density at radius 2 is 1.96 bits per heavy atom. The van der Waals surface area contributed by atoms with Crippen LogP contribution in [0.3, 0.4) is 0 Å². The van der Waals surface area contributed by atoms with Gasteiger partial charge in [-0.15, -0.1) is 0 Å². The molecule has 0 bridgehead atoms. The quantitative estimate of drug-likeness (QED) is 0.894. The number of carbonyl (C=O) groups is 1. The summed E-state index contributed by atoms with van der Waals surface area (Å²) >= 11 is 0. The van der Waals surface area contributed by atoms with Crippen LogP contribution >= 0.6 is 0 Å². The number of nitrogens with one attached hydrogen (secondary N) is 1. The summed E-state index contributed by atoms with van der Waals surface area (Å²) < 4.78 is 36.0. The zero-order chi connectivity index (χ0) is 16.5. The van der Waals surface area contributed by atoms with Gasteiger partial charge in [-0.1, -0.05) is 18.6 Å². The van der Waals surface area contributed by atoms with Crippen molar-refractivity contribution in [1.29, 1.82) is 0 Å². The van der Waals surface area contributed by atoms with Gasteiger partial charge in [-0.25, -0.2) is 12.8 Å². The number of rotatable bonds is 5. The van der Waals surface area contributed by atoms with Crippen LogP contribution in [0.1, 0.15) is 37.7 Å². The van der Waals surface area contributed by atoms with Crippen molar-refractivity contribution in [3.05, 3.63) is 35.6 Å². The molecule has 1 aliphatic carbocycles. The van der Waals surface area contributed by atoms with Crippen LogP contribution in [-0.4, -0.2) is 32.4 Å². The second-order valence-corrected chi connectivity index (χ2v) is 9.12. The van der Waals surface area contributed by atoms with E-state index in [0.29, 0.717) is 13.0 Å². The monoisotopic (exact) mass is 339 g/mol. The number of halogens is 1. The summed E-state index contributed by atoms with van der Waals surface area (Å²) in [7, 11) is -2.94. The van der Waals surface area contributed by atoms with Crippen molar-refractivity contribution in [2.45, 2.75) is 37.5 Å². The summed E-state index contributed by atoms with van der Waals surface area (Å²) in [5.41, 5.74) is 0.972. The van der Waals surface area contributed by atoms with Gasteiger partial charge in [-0.3, -0.25) is 4.79 Å². The molecule has 1 aromatic rings. The first-order valence-electron chi connectivity index (χ1n) is 8.12. The minimum absolute atomic E-state index is 0.0526. The third-order valence-electron chi connectivity index (χ3n) is 5.19. The minimum Gasteiger partial charge on any atom is -0.355 e. The Hall–Kier alpha value is -1.43. The maximum Gasteiger partial charge on any atom is 0.220 e. The SMILES string of the molecule is O=C(C[C@@H]1CCS(=O)(=O)C1)NCC1(c2ccc(F)cc2)CCC1. The molecule has 1 saturated carbocycles. The van der Waals surface area contributed by atoms with E-state index in [1.54, 1.807) is 12.1 Å². The second kappa shape index (κ2) is 6.23. The highest BCUT2D eigenvalue weighted by Crippen LogP contribution is 2.43. The van der Waals surface area contributed by atoms with Crippen LogP contribution in [-0.2, 0) is 20.0 Å². The Balaban J connectivity index is 1.56. The Morgan fingerprint density at radius 1 is 1.26 bits per heavy atom. The van der Waals surface area contributed by atoms with E-state index in [4.69, 9.17) is 0 Å². The molecule has 1 aromatic carbocycles. The molecule has 0 spiro atoms. The van der Waals surface area contributed by atoms with Gasteiger partial charge in [-0.2, -0.15) is 0 Å². The number of amides is 1. The van der Waals surface area contributed by atoms with E-state index in [2.05, 4.69) is 5.32 Å². The molecule has 126 valence electrons. The molecule has 1 saturated heterocycles. The first-order chi connectivity index (χ1) is 10.9. The average molecular weight is 339 g/mol. The van der Waals surface area contributed by atoms with Crippen molar-refractivity contribution in [3.8, 4) is 0 Å². The van der Waals surface area contributed by atoms with E-state index in [1.807, 2.05) is 0 Å². The van der Waals surface area contributed by atoms with Crippen LogP contribution < -0.4 is 5.32 Å². The lowest BCUT2D eigenvalue weighted by Gasteiger charge is -2.42. The lowest BCUT2D eigenvalue weighted by molar-refractivity contribution is -0.122. The standard InChI is InChI=1S/C17H22FNO3S/c18-15-4-2-14(3-5-15)17(7-1-8-17)12-19-16(20)10-13-6-9-23(21,22)11-13/h2-5,13H,1,6-12H2,(H,19,20)/t13-/m0/s1. The fraction of sp³-hybridized carbons (Fsp3) is 0.588. The molecule has 0 aromatic heterocycles. The Labute approximate surface area is 136 Å². The van der Waals surface area contributed by atoms with Gasteiger partial charge in [0.1, 0.15) is 5.82 Å². The van der Waals surface area contributed by atoms with Crippen LogP contribution in [0, 0.1) is 11.7 Å². The van der Waals surface area contributed by atoms with Gasteiger partial charge in [0.15, 0.2) is 9.84 Å². The number of hydrogen-bond acceptors (Lipinski definition) is 3. The van der Waals surface area contributed by atoms with Crippen LogP contribution in [0.15, 0.2) is 24.3 Å². The molecular weight excluding hydrogens is 317 g/mol. The van der Waals surface area contributed by atoms with Gasteiger partial charge in [0, 0.05) is 18.4 Å². The lowest BCUT2D eigenvalue weighted by Crippen LogP contribution is -2.45. The Morgan fingerprint density at radius 3 is 2.48 bits per heavy atom. The van der Waals surface area contributed by atoms with Crippen LogP contribution in [0.5, 0.6) is 0 Å². The number of hydrogen-bond donors (Lipinski definition) is 1. The summed E-state index contributed by atoms with van der Waals surface area (Å²) in [6, 6.07) is 6.51. The topological polar surface area (TPSA) is 63.2 Å². The van der Waals surface area contributed by atoms with Crippen LogP contribution in [0.25, 0.3) is 0 Å². The van der Waals surface area contributed by atoms with Gasteiger partial charge in [-0.05, 0) is 42.9 Å². The van der Waals surface area contributed by atoms with Gasteiger partial charge in [0.05, 0.1) is 11.5 Å². The molecule has 2 aliphatic rings. The maximum absolute atomic E-state index is 13.1. The number of carbonyl (C=O) groups excluding carboxylic acids is 1. The normalized spacial score (nSPS) is 24.8. The average Bonchev–Trinajstić information content (AvgIpc) is 2.78. The predicted molar refractivity (Wildman–Crippen MR) is 86.3 cm³/mol. The van der Waals surface area contributed by atoms with Crippen molar-refractivity contribution in [2.75, 3.05) is 18.1 Å². The predicted octanol–water partition coefficient (Wildman–Crippen LogP) is 2.19. The van der Waals surface area contributed by atoms with Gasteiger partial charge < -0.3 is 5.32 Å². The first-order valence-corrected chi connectivity index (χ1v) is 9.94. The van der Waals surface area contributed by atoms with Gasteiger partial charge in [0.2, 0.25) is 5.91 Å². The van der Waals surface area contributed by atoms with E-state index in [9.17, 15) is 17.6 Å². The summed E-state index contributed by atoms with van der Waals surface area (Å²) in [6.07, 6.45) is 3.93. The molecule has 23 heavy (non-hydrogen) atoms. The Bertz CT molecular complexity index is 680. The van der Waals surface area contributed by atoms with Crippen molar-refractivity contribution in [2.24, 2.45) is 5.92 Å². The third kappa shape index (κ3) is 3.74. The van der Waals surface area contributed by atoms with Crippen molar-refractivity contribution >= 4 is 15.7 Å². The van der Waals surface area contributed by atoms with Gasteiger partial charge in [0.25, 0.3) is 0 Å². The fourth-order valence-electron chi connectivity index (χ4n) is 3.61. The number of benzene rings is 1. The smallest absolute Gasteiger partial charge is 0.220 e. The van der Waals surface area contributed by atoms with Crippen LogP contribution in [0.4, 0.5) is 4.39 Å². The lowest BCUT2D eigenvalue weighted by atomic mass is 9.64. The molecular formula is C17H22FNO3S. The molecule has 4 nitrogen and oxygen atoms in total. The van der Waals surface area contributed by atoms with E-state index in [-0.39, 0.29) is 41.0 Å². The van der Waals surface area contributed by atoms with Gasteiger partial charge >= 0.3 is 0 Å². The molecule has 3 rings (SSSR count). The maximum atomic E-state index is 13.1. The van der Waals surface area contributed by atoms with Crippen molar-refractivity contribution in [1.82, 2.24) is 5.32 Å². The summed E-state index contributed by atoms with van der Waals surface area (Å²) in [5.74, 6) is -0.0630. The third-order valence-corrected chi connectivity index (χ3v) is 7.03. The van der Waals surface area contributed by atoms with E-state index >= 15 is 0 Å². The highest BCUT2D eigenvalue weighted by atomic mass is 32.2. The summed E-state index contributed by atoms with van der Waals surface area (Å²) in [4.78, 5) is 12.1. The zero-order valence-corrected chi connectivity index (χ0v) is 13.9. The van der Waals surface area contributed by atoms with Crippen LogP contribution in [0.2, 0.25) is 0 Å². The molecule has 1 atom stereocenters. The fourth-order valence-corrected chi connectivity index (χ4v) is 5.47. The highest BCUT2D eigenvalue weighted by molar-refractivity contribution is 7.91. The molecule has 0 unspecified atom stereocenters. The van der Waals surface area contributed by atoms with E-state index in [0.717, 1.165) is 24.8 Å². The number of sulfone groups is 1. The van der Waals surface area contributed by atoms with Crippen molar-refractivity contribution < 1.29 is 17.6 Å². The molecule has 0 radical (unpaired) electrons. The largest absolute Gasteiger partial charge is 0.355 e. The Kier molecular flexibility index (Phi) is 4.45.